The number of aryl methyl sites for hydroxylation is 1. The monoisotopic (exact) mass is 306 g/mol. The number of carbonyl (C=O) groups excluding carboxylic acids is 1. The molecule has 1 amide bonds. The summed E-state index contributed by atoms with van der Waals surface area (Å²) < 4.78 is 5.21. The lowest BCUT2D eigenvalue weighted by Gasteiger charge is -2.32. The predicted molar refractivity (Wildman–Crippen MR) is 80.0 cm³/mol. The van der Waals surface area contributed by atoms with Crippen LogP contribution < -0.4 is 0 Å². The van der Waals surface area contributed by atoms with Crippen molar-refractivity contribution < 1.29 is 9.32 Å². The van der Waals surface area contributed by atoms with Crippen molar-refractivity contribution in [2.45, 2.75) is 12.8 Å². The summed E-state index contributed by atoms with van der Waals surface area (Å²) in [5, 5.41) is 5.93. The Morgan fingerprint density at radius 3 is 2.90 bits per heavy atom. The highest BCUT2D eigenvalue weighted by molar-refractivity contribution is 7.13. The summed E-state index contributed by atoms with van der Waals surface area (Å²) in [7, 11) is 2.08. The molecule has 0 saturated carbocycles. The molecule has 0 aliphatic carbocycles. The van der Waals surface area contributed by atoms with Crippen LogP contribution in [-0.2, 0) is 11.2 Å². The minimum Gasteiger partial charge on any atom is -0.340 e. The van der Waals surface area contributed by atoms with E-state index in [1.54, 1.807) is 11.3 Å². The molecule has 3 rings (SSSR count). The number of amides is 1. The van der Waals surface area contributed by atoms with Gasteiger partial charge in [-0.3, -0.25) is 4.79 Å². The number of nitrogens with zero attached hydrogens (tertiary/aromatic N) is 4. The fourth-order valence-electron chi connectivity index (χ4n) is 2.29. The molecule has 0 unspecified atom stereocenters. The Kier molecular flexibility index (Phi) is 4.31. The van der Waals surface area contributed by atoms with Gasteiger partial charge in [-0.2, -0.15) is 4.98 Å². The number of carbonyl (C=O) groups is 1. The third-order valence-electron chi connectivity index (χ3n) is 3.62. The molecule has 2 aromatic rings. The van der Waals surface area contributed by atoms with E-state index in [9.17, 15) is 4.79 Å². The Balaban J connectivity index is 1.52. The number of thiophene rings is 1. The fourth-order valence-corrected chi connectivity index (χ4v) is 2.94. The van der Waals surface area contributed by atoms with E-state index in [0.29, 0.717) is 24.6 Å². The van der Waals surface area contributed by atoms with Crippen LogP contribution in [0, 0.1) is 0 Å². The van der Waals surface area contributed by atoms with Crippen LogP contribution >= 0.6 is 11.3 Å². The average Bonchev–Trinajstić information content (AvgIpc) is 3.16. The van der Waals surface area contributed by atoms with E-state index in [2.05, 4.69) is 22.1 Å². The zero-order valence-corrected chi connectivity index (χ0v) is 12.8. The first-order valence-electron chi connectivity index (χ1n) is 7.05. The Labute approximate surface area is 127 Å². The SMILES string of the molecule is CN1CCN(C(=O)CCc2nc(-c3cccs3)no2)CC1. The summed E-state index contributed by atoms with van der Waals surface area (Å²) >= 11 is 1.57. The van der Waals surface area contributed by atoms with Crippen LogP contribution in [0.25, 0.3) is 10.7 Å². The second kappa shape index (κ2) is 6.36. The molecule has 6 nitrogen and oxygen atoms in total. The maximum Gasteiger partial charge on any atom is 0.227 e. The third kappa shape index (κ3) is 3.48. The highest BCUT2D eigenvalue weighted by Gasteiger charge is 2.19. The van der Waals surface area contributed by atoms with Gasteiger partial charge in [-0.25, -0.2) is 0 Å². The van der Waals surface area contributed by atoms with Crippen molar-refractivity contribution in [2.24, 2.45) is 0 Å². The standard InChI is InChI=1S/C14H18N4O2S/c1-17-6-8-18(9-7-17)13(19)5-4-12-15-14(16-20-12)11-3-2-10-21-11/h2-3,10H,4-9H2,1H3. The van der Waals surface area contributed by atoms with Crippen LogP contribution in [0.4, 0.5) is 0 Å². The topological polar surface area (TPSA) is 62.5 Å². The lowest BCUT2D eigenvalue weighted by Crippen LogP contribution is -2.47. The molecule has 0 spiro atoms. The molecular formula is C14H18N4O2S. The molecule has 0 aromatic carbocycles. The summed E-state index contributed by atoms with van der Waals surface area (Å²) in [6, 6.07) is 3.90. The van der Waals surface area contributed by atoms with Gasteiger partial charge in [0.2, 0.25) is 17.6 Å². The Morgan fingerprint density at radius 2 is 2.19 bits per heavy atom. The largest absolute Gasteiger partial charge is 0.340 e. The number of hydrogen-bond donors (Lipinski definition) is 0. The van der Waals surface area contributed by atoms with Gasteiger partial charge >= 0.3 is 0 Å². The zero-order chi connectivity index (χ0) is 14.7. The third-order valence-corrected chi connectivity index (χ3v) is 4.48. The summed E-state index contributed by atoms with van der Waals surface area (Å²) in [4.78, 5) is 21.6. The van der Waals surface area contributed by atoms with E-state index in [1.807, 2.05) is 22.4 Å². The number of hydrogen-bond acceptors (Lipinski definition) is 6. The van der Waals surface area contributed by atoms with Gasteiger partial charge in [-0.05, 0) is 18.5 Å². The molecule has 1 aliphatic heterocycles. The van der Waals surface area contributed by atoms with Crippen LogP contribution in [-0.4, -0.2) is 59.1 Å². The van der Waals surface area contributed by atoms with E-state index in [4.69, 9.17) is 4.52 Å². The van der Waals surface area contributed by atoms with E-state index in [1.165, 1.54) is 0 Å². The smallest absolute Gasteiger partial charge is 0.227 e. The van der Waals surface area contributed by atoms with Gasteiger partial charge in [0.15, 0.2) is 0 Å². The zero-order valence-electron chi connectivity index (χ0n) is 12.0. The maximum absolute atomic E-state index is 12.1. The van der Waals surface area contributed by atoms with E-state index in [-0.39, 0.29) is 5.91 Å². The van der Waals surface area contributed by atoms with Gasteiger partial charge in [0, 0.05) is 39.0 Å². The summed E-state index contributed by atoms with van der Waals surface area (Å²) in [5.74, 6) is 1.30. The first-order chi connectivity index (χ1) is 10.2. The highest BCUT2D eigenvalue weighted by atomic mass is 32.1. The molecule has 112 valence electrons. The van der Waals surface area contributed by atoms with Crippen molar-refractivity contribution in [1.82, 2.24) is 19.9 Å². The highest BCUT2D eigenvalue weighted by Crippen LogP contribution is 2.21. The lowest BCUT2D eigenvalue weighted by atomic mass is 10.2. The molecule has 1 aliphatic rings. The van der Waals surface area contributed by atoms with Gasteiger partial charge < -0.3 is 14.3 Å². The van der Waals surface area contributed by atoms with Crippen molar-refractivity contribution in [3.05, 3.63) is 23.4 Å². The van der Waals surface area contributed by atoms with Crippen LogP contribution in [0.3, 0.4) is 0 Å². The summed E-state index contributed by atoms with van der Waals surface area (Å²) in [6.45, 7) is 3.49. The second-order valence-corrected chi connectivity index (χ2v) is 6.12. The van der Waals surface area contributed by atoms with Crippen molar-refractivity contribution in [3.63, 3.8) is 0 Å². The molecule has 7 heteroatoms. The fraction of sp³-hybridized carbons (Fsp3) is 0.500. The van der Waals surface area contributed by atoms with Gasteiger partial charge in [-0.15, -0.1) is 11.3 Å². The average molecular weight is 306 g/mol. The van der Waals surface area contributed by atoms with E-state index in [0.717, 1.165) is 31.1 Å². The number of likely N-dealkylation sites (N-methyl/N-ethyl adjacent to an activating group) is 1. The summed E-state index contributed by atoms with van der Waals surface area (Å²) in [6.07, 6.45) is 0.930. The van der Waals surface area contributed by atoms with E-state index >= 15 is 0 Å². The van der Waals surface area contributed by atoms with Crippen LogP contribution in [0.5, 0.6) is 0 Å². The van der Waals surface area contributed by atoms with Gasteiger partial charge in [0.25, 0.3) is 0 Å². The second-order valence-electron chi connectivity index (χ2n) is 5.17. The Bertz CT molecular complexity index is 588. The molecule has 2 aromatic heterocycles. The molecule has 21 heavy (non-hydrogen) atoms. The maximum atomic E-state index is 12.1. The Morgan fingerprint density at radius 1 is 1.38 bits per heavy atom. The Hall–Kier alpha value is -1.73. The summed E-state index contributed by atoms with van der Waals surface area (Å²) in [5.41, 5.74) is 0. The van der Waals surface area contributed by atoms with Gasteiger partial charge in [0.05, 0.1) is 4.88 Å². The van der Waals surface area contributed by atoms with Crippen molar-refractivity contribution in [2.75, 3.05) is 33.2 Å². The number of rotatable bonds is 4. The first kappa shape index (κ1) is 14.2. The normalized spacial score (nSPS) is 16.3. The molecule has 0 atom stereocenters. The van der Waals surface area contributed by atoms with E-state index < -0.39 is 0 Å². The minimum absolute atomic E-state index is 0.166. The van der Waals surface area contributed by atoms with Gasteiger partial charge in [0.1, 0.15) is 0 Å². The lowest BCUT2D eigenvalue weighted by molar-refractivity contribution is -0.132. The van der Waals surface area contributed by atoms with Crippen LogP contribution in [0.2, 0.25) is 0 Å². The quantitative estimate of drug-likeness (QED) is 0.856. The molecular weight excluding hydrogens is 288 g/mol. The van der Waals surface area contributed by atoms with Crippen molar-refractivity contribution in [3.8, 4) is 10.7 Å². The van der Waals surface area contributed by atoms with Crippen molar-refractivity contribution >= 4 is 17.2 Å². The number of piperazine rings is 1. The molecule has 3 heterocycles. The molecule has 1 fully saturated rings. The molecule has 0 bridgehead atoms. The minimum atomic E-state index is 0.166. The number of aromatic nitrogens is 2. The van der Waals surface area contributed by atoms with Crippen LogP contribution in [0.1, 0.15) is 12.3 Å². The molecule has 1 saturated heterocycles. The molecule has 0 N–H and O–H groups in total. The van der Waals surface area contributed by atoms with Crippen LogP contribution in [0.15, 0.2) is 22.0 Å². The van der Waals surface area contributed by atoms with Crippen molar-refractivity contribution in [1.29, 1.82) is 0 Å². The van der Waals surface area contributed by atoms with Gasteiger partial charge in [-0.1, -0.05) is 11.2 Å². The first-order valence-corrected chi connectivity index (χ1v) is 7.93. The predicted octanol–water partition coefficient (Wildman–Crippen LogP) is 1.50. The molecule has 0 radical (unpaired) electrons.